The van der Waals surface area contributed by atoms with Crippen molar-refractivity contribution in [3.63, 3.8) is 0 Å². The maximum Gasteiger partial charge on any atom is 0.0258 e. The normalized spacial score (nSPS) is 27.4. The van der Waals surface area contributed by atoms with Crippen molar-refractivity contribution < 1.29 is 0 Å². The summed E-state index contributed by atoms with van der Waals surface area (Å²) in [6.45, 7) is 11.7. The Morgan fingerprint density at radius 1 is 0.773 bits per heavy atom. The lowest BCUT2D eigenvalue weighted by Gasteiger charge is -2.50. The fourth-order valence-corrected chi connectivity index (χ4v) is 4.49. The van der Waals surface area contributed by atoms with Crippen molar-refractivity contribution in [3.8, 4) is 0 Å². The van der Waals surface area contributed by atoms with Crippen molar-refractivity contribution in [2.75, 3.05) is 0 Å². The summed E-state index contributed by atoms with van der Waals surface area (Å²) in [6, 6.07) is 11.8. The molecule has 0 spiro atoms. The van der Waals surface area contributed by atoms with Gasteiger partial charge in [-0.15, -0.1) is 0 Å². The van der Waals surface area contributed by atoms with Crippen molar-refractivity contribution in [1.82, 2.24) is 9.80 Å². The summed E-state index contributed by atoms with van der Waals surface area (Å²) in [7, 11) is 0. The number of hydrogen-bond donors (Lipinski definition) is 0. The molecule has 0 aromatic heterocycles. The zero-order valence-corrected chi connectivity index (χ0v) is 14.8. The van der Waals surface area contributed by atoms with E-state index in [9.17, 15) is 0 Å². The first-order chi connectivity index (χ1) is 10.6. The first kappa shape index (κ1) is 16.0. The smallest absolute Gasteiger partial charge is 0.0258 e. The van der Waals surface area contributed by atoms with Crippen molar-refractivity contribution in [2.45, 2.75) is 90.6 Å². The van der Waals surface area contributed by atoms with Crippen LogP contribution in [-0.2, 0) is 13.1 Å². The number of benzene rings is 1. The molecule has 0 unspecified atom stereocenters. The Balaban J connectivity index is 2.02. The van der Waals surface area contributed by atoms with Gasteiger partial charge in [0.05, 0.1) is 0 Å². The van der Waals surface area contributed by atoms with Crippen molar-refractivity contribution >= 4 is 0 Å². The predicted octanol–water partition coefficient (Wildman–Crippen LogP) is 4.43. The molecule has 0 saturated heterocycles. The molecule has 0 bridgehead atoms. The molecule has 2 atom stereocenters. The third kappa shape index (κ3) is 3.09. The van der Waals surface area contributed by atoms with Crippen LogP contribution in [0.2, 0.25) is 0 Å². The first-order valence-electron chi connectivity index (χ1n) is 9.16. The maximum atomic E-state index is 2.78. The van der Waals surface area contributed by atoms with Gasteiger partial charge >= 0.3 is 0 Å². The van der Waals surface area contributed by atoms with E-state index in [0.29, 0.717) is 12.1 Å². The van der Waals surface area contributed by atoms with E-state index in [1.807, 2.05) is 0 Å². The van der Waals surface area contributed by atoms with E-state index in [1.165, 1.54) is 36.8 Å². The zero-order chi connectivity index (χ0) is 15.7. The highest BCUT2D eigenvalue weighted by Crippen LogP contribution is 2.34. The summed E-state index contributed by atoms with van der Waals surface area (Å²) < 4.78 is 0. The highest BCUT2D eigenvalue weighted by atomic mass is 15.3. The van der Waals surface area contributed by atoms with Gasteiger partial charge in [0.1, 0.15) is 0 Å². The minimum atomic E-state index is 0.616. The van der Waals surface area contributed by atoms with Crippen LogP contribution in [0.3, 0.4) is 0 Å². The van der Waals surface area contributed by atoms with Gasteiger partial charge in [-0.1, -0.05) is 37.1 Å². The minimum absolute atomic E-state index is 0.616. The van der Waals surface area contributed by atoms with Crippen molar-refractivity contribution in [2.24, 2.45) is 0 Å². The molecule has 1 aliphatic heterocycles. The fraction of sp³-hybridized carbons (Fsp3) is 0.700. The molecule has 1 aliphatic carbocycles. The lowest BCUT2D eigenvalue weighted by molar-refractivity contribution is 0.000979. The highest BCUT2D eigenvalue weighted by Gasteiger charge is 2.37. The largest absolute Gasteiger partial charge is 0.292 e. The molecule has 1 saturated carbocycles. The van der Waals surface area contributed by atoms with Crippen LogP contribution in [0.1, 0.15) is 64.5 Å². The van der Waals surface area contributed by atoms with Gasteiger partial charge in [0.2, 0.25) is 0 Å². The molecule has 2 heteroatoms. The van der Waals surface area contributed by atoms with Crippen molar-refractivity contribution in [1.29, 1.82) is 0 Å². The standard InChI is InChI=1S/C20H32N2/c1-15(2)21-13-17-9-5-6-10-18(17)14-22(16(3)4)20-12-8-7-11-19(20)21/h5-6,9-10,15-16,19-20H,7-8,11-14H2,1-4H3/t19-,20-/m1/s1. The zero-order valence-electron chi connectivity index (χ0n) is 14.8. The number of hydrogen-bond acceptors (Lipinski definition) is 2. The molecule has 1 heterocycles. The van der Waals surface area contributed by atoms with Crippen LogP contribution >= 0.6 is 0 Å². The van der Waals surface area contributed by atoms with Gasteiger partial charge in [-0.25, -0.2) is 0 Å². The van der Waals surface area contributed by atoms with Gasteiger partial charge in [0.25, 0.3) is 0 Å². The molecular weight excluding hydrogens is 268 g/mol. The molecule has 3 rings (SSSR count). The second-order valence-electron chi connectivity index (χ2n) is 7.72. The van der Waals surface area contributed by atoms with E-state index >= 15 is 0 Å². The number of fused-ring (bicyclic) bond motifs is 2. The van der Waals surface area contributed by atoms with Gasteiger partial charge in [-0.05, 0) is 51.7 Å². The van der Waals surface area contributed by atoms with Crippen LogP contribution in [0.4, 0.5) is 0 Å². The third-order valence-corrected chi connectivity index (χ3v) is 5.70. The van der Waals surface area contributed by atoms with Gasteiger partial charge in [-0.2, -0.15) is 0 Å². The molecule has 1 aromatic carbocycles. The summed E-state index contributed by atoms with van der Waals surface area (Å²) in [6.07, 6.45) is 5.54. The van der Waals surface area contributed by atoms with Gasteiger partial charge in [0.15, 0.2) is 0 Å². The predicted molar refractivity (Wildman–Crippen MR) is 93.8 cm³/mol. The molecule has 0 radical (unpaired) electrons. The van der Waals surface area contributed by atoms with Crippen LogP contribution in [0.25, 0.3) is 0 Å². The second-order valence-corrected chi connectivity index (χ2v) is 7.72. The molecule has 2 aliphatic rings. The summed E-state index contributed by atoms with van der Waals surface area (Å²) in [5, 5.41) is 0. The molecule has 0 amide bonds. The number of nitrogens with zero attached hydrogens (tertiary/aromatic N) is 2. The Labute approximate surface area is 136 Å². The molecule has 1 aromatic rings. The van der Waals surface area contributed by atoms with E-state index < -0.39 is 0 Å². The summed E-state index contributed by atoms with van der Waals surface area (Å²) in [4.78, 5) is 5.55. The van der Waals surface area contributed by atoms with Crippen LogP contribution in [0, 0.1) is 0 Å². The van der Waals surface area contributed by atoms with Gasteiger partial charge in [-0.3, -0.25) is 9.80 Å². The summed E-state index contributed by atoms with van der Waals surface area (Å²) in [5.74, 6) is 0. The molecule has 2 nitrogen and oxygen atoms in total. The molecule has 22 heavy (non-hydrogen) atoms. The molecule has 1 fully saturated rings. The second kappa shape index (κ2) is 6.72. The Bertz CT molecular complexity index is 449. The minimum Gasteiger partial charge on any atom is -0.292 e. The Kier molecular flexibility index (Phi) is 4.89. The Hall–Kier alpha value is -0.860. The Morgan fingerprint density at radius 3 is 1.55 bits per heavy atom. The highest BCUT2D eigenvalue weighted by molar-refractivity contribution is 5.28. The van der Waals surface area contributed by atoms with Crippen LogP contribution < -0.4 is 0 Å². The van der Waals surface area contributed by atoms with Gasteiger partial charge < -0.3 is 0 Å². The maximum absolute atomic E-state index is 2.78. The quantitative estimate of drug-likeness (QED) is 0.797. The van der Waals surface area contributed by atoms with E-state index in [2.05, 4.69) is 61.8 Å². The average molecular weight is 300 g/mol. The molecule has 122 valence electrons. The molecular formula is C20H32N2. The topological polar surface area (TPSA) is 6.48 Å². The average Bonchev–Trinajstić information content (AvgIpc) is 2.48. The van der Waals surface area contributed by atoms with Gasteiger partial charge in [0, 0.05) is 37.3 Å². The van der Waals surface area contributed by atoms with Crippen LogP contribution in [0.5, 0.6) is 0 Å². The van der Waals surface area contributed by atoms with Crippen LogP contribution in [0.15, 0.2) is 24.3 Å². The summed E-state index contributed by atoms with van der Waals surface area (Å²) in [5.41, 5.74) is 3.07. The molecule has 0 N–H and O–H groups in total. The lowest BCUT2D eigenvalue weighted by atomic mass is 9.84. The lowest BCUT2D eigenvalue weighted by Crippen LogP contribution is -2.57. The van der Waals surface area contributed by atoms with E-state index in [1.54, 1.807) is 0 Å². The Morgan fingerprint density at radius 2 is 1.18 bits per heavy atom. The fourth-order valence-electron chi connectivity index (χ4n) is 4.49. The third-order valence-electron chi connectivity index (χ3n) is 5.70. The van der Waals surface area contributed by atoms with E-state index in [0.717, 1.165) is 25.2 Å². The van der Waals surface area contributed by atoms with E-state index in [4.69, 9.17) is 0 Å². The van der Waals surface area contributed by atoms with Crippen molar-refractivity contribution in [3.05, 3.63) is 35.4 Å². The SMILES string of the molecule is CC(C)N1Cc2ccccc2CN(C(C)C)[C@@H]2CCCC[C@H]21. The van der Waals surface area contributed by atoms with Crippen LogP contribution in [-0.4, -0.2) is 34.0 Å². The number of rotatable bonds is 2. The summed E-state index contributed by atoms with van der Waals surface area (Å²) >= 11 is 0. The monoisotopic (exact) mass is 300 g/mol. The first-order valence-corrected chi connectivity index (χ1v) is 9.16. The van der Waals surface area contributed by atoms with E-state index in [-0.39, 0.29) is 0 Å².